The minimum Gasteiger partial charge on any atom is -0.468 e. The molecule has 1 aliphatic heterocycles. The Morgan fingerprint density at radius 2 is 1.79 bits per heavy atom. The van der Waals surface area contributed by atoms with E-state index in [9.17, 15) is 9.59 Å². The van der Waals surface area contributed by atoms with Gasteiger partial charge in [-0.1, -0.05) is 42.0 Å². The van der Waals surface area contributed by atoms with E-state index in [-0.39, 0.29) is 24.0 Å². The Kier molecular flexibility index (Phi) is 7.12. The van der Waals surface area contributed by atoms with Gasteiger partial charge in [-0.25, -0.2) is 0 Å². The first-order valence-corrected chi connectivity index (χ1v) is 11.6. The van der Waals surface area contributed by atoms with Gasteiger partial charge in [-0.05, 0) is 56.5 Å². The molecule has 0 unspecified atom stereocenters. The maximum absolute atomic E-state index is 12.9. The molecule has 1 aromatic heterocycles. The topological polar surface area (TPSA) is 76.5 Å². The third kappa shape index (κ3) is 5.54. The molecule has 7 nitrogen and oxygen atoms in total. The van der Waals surface area contributed by atoms with Crippen LogP contribution in [0.4, 0.5) is 0 Å². The van der Waals surface area contributed by atoms with Crippen molar-refractivity contribution in [1.82, 2.24) is 20.0 Å². The summed E-state index contributed by atoms with van der Waals surface area (Å²) in [7, 11) is 1.41. The smallest absolute Gasteiger partial charge is 0.323 e. The molecule has 2 aromatic carbocycles. The van der Waals surface area contributed by atoms with E-state index in [0.717, 1.165) is 22.5 Å². The fourth-order valence-electron chi connectivity index (χ4n) is 4.65. The first-order valence-electron chi connectivity index (χ1n) is 11.6. The normalized spacial score (nSPS) is 18.1. The molecule has 0 radical (unpaired) electrons. The molecule has 1 amide bonds. The van der Waals surface area contributed by atoms with Crippen LogP contribution in [-0.2, 0) is 22.6 Å². The third-order valence-electron chi connectivity index (χ3n) is 6.33. The Morgan fingerprint density at radius 1 is 1.03 bits per heavy atom. The first kappa shape index (κ1) is 23.7. The summed E-state index contributed by atoms with van der Waals surface area (Å²) < 4.78 is 6.99. The van der Waals surface area contributed by atoms with Crippen LogP contribution in [0.25, 0.3) is 0 Å². The van der Waals surface area contributed by atoms with E-state index >= 15 is 0 Å². The summed E-state index contributed by atoms with van der Waals surface area (Å²) in [6, 6.07) is 17.4. The van der Waals surface area contributed by atoms with Crippen molar-refractivity contribution in [3.63, 3.8) is 0 Å². The van der Waals surface area contributed by atoms with E-state index < -0.39 is 0 Å². The van der Waals surface area contributed by atoms with Gasteiger partial charge < -0.3 is 10.1 Å². The van der Waals surface area contributed by atoms with Crippen molar-refractivity contribution in [2.24, 2.45) is 0 Å². The summed E-state index contributed by atoms with van der Waals surface area (Å²) in [4.78, 5) is 27.4. The molecule has 0 bridgehead atoms. The monoisotopic (exact) mass is 460 g/mol. The van der Waals surface area contributed by atoms with Crippen molar-refractivity contribution in [2.75, 3.05) is 13.7 Å². The highest BCUT2D eigenvalue weighted by Gasteiger charge is 2.38. The number of carbonyl (C=O) groups excluding carboxylic acids is 2. The molecule has 178 valence electrons. The molecule has 34 heavy (non-hydrogen) atoms. The molecule has 2 atom stereocenters. The zero-order chi connectivity index (χ0) is 24.2. The minimum atomic E-state index is -0.376. The number of nitrogens with one attached hydrogen (secondary N) is 1. The molecule has 0 saturated carbocycles. The number of aryl methyl sites for hydroxylation is 3. The summed E-state index contributed by atoms with van der Waals surface area (Å²) >= 11 is 0. The Bertz CT molecular complexity index is 1170. The lowest BCUT2D eigenvalue weighted by Crippen LogP contribution is -2.37. The van der Waals surface area contributed by atoms with Gasteiger partial charge in [0.1, 0.15) is 6.04 Å². The molecule has 0 aliphatic carbocycles. The largest absolute Gasteiger partial charge is 0.468 e. The van der Waals surface area contributed by atoms with Crippen molar-refractivity contribution in [1.29, 1.82) is 0 Å². The van der Waals surface area contributed by atoms with E-state index in [1.165, 1.54) is 12.7 Å². The molecule has 3 aromatic rings. The second-order valence-corrected chi connectivity index (χ2v) is 9.15. The van der Waals surface area contributed by atoms with E-state index in [0.29, 0.717) is 31.6 Å². The van der Waals surface area contributed by atoms with Gasteiger partial charge in [-0.3, -0.25) is 19.2 Å². The minimum absolute atomic E-state index is 0.129. The van der Waals surface area contributed by atoms with Gasteiger partial charge in [-0.15, -0.1) is 0 Å². The van der Waals surface area contributed by atoms with E-state index in [1.54, 1.807) is 0 Å². The second kappa shape index (κ2) is 10.2. The van der Waals surface area contributed by atoms with Gasteiger partial charge in [0, 0.05) is 30.4 Å². The van der Waals surface area contributed by atoms with Crippen LogP contribution in [0.15, 0.2) is 54.6 Å². The van der Waals surface area contributed by atoms with Gasteiger partial charge in [-0.2, -0.15) is 5.10 Å². The van der Waals surface area contributed by atoms with Crippen molar-refractivity contribution in [3.8, 4) is 0 Å². The average molecular weight is 461 g/mol. The number of aromatic nitrogens is 2. The molecule has 4 rings (SSSR count). The van der Waals surface area contributed by atoms with Crippen LogP contribution in [0.1, 0.15) is 44.9 Å². The Hall–Kier alpha value is -3.45. The van der Waals surface area contributed by atoms with Crippen LogP contribution < -0.4 is 5.32 Å². The molecule has 1 fully saturated rings. The summed E-state index contributed by atoms with van der Waals surface area (Å²) in [5.41, 5.74) is 6.10. The van der Waals surface area contributed by atoms with Gasteiger partial charge in [0.25, 0.3) is 5.91 Å². The predicted molar refractivity (Wildman–Crippen MR) is 131 cm³/mol. The number of hydrogen-bond donors (Lipinski definition) is 1. The predicted octanol–water partition coefficient (Wildman–Crippen LogP) is 3.40. The van der Waals surface area contributed by atoms with Crippen molar-refractivity contribution < 1.29 is 14.3 Å². The number of benzene rings is 2. The third-order valence-corrected chi connectivity index (χ3v) is 6.33. The van der Waals surface area contributed by atoms with Gasteiger partial charge >= 0.3 is 5.97 Å². The van der Waals surface area contributed by atoms with Gasteiger partial charge in [0.05, 0.1) is 19.3 Å². The van der Waals surface area contributed by atoms with Crippen molar-refractivity contribution >= 4 is 11.9 Å². The number of amides is 1. The molecule has 7 heteroatoms. The summed E-state index contributed by atoms with van der Waals surface area (Å²) in [5.74, 6) is -0.401. The van der Waals surface area contributed by atoms with E-state index in [4.69, 9.17) is 4.74 Å². The number of carbonyl (C=O) groups is 2. The molecule has 0 spiro atoms. The van der Waals surface area contributed by atoms with Crippen LogP contribution in [-0.4, -0.2) is 52.3 Å². The van der Waals surface area contributed by atoms with E-state index in [1.807, 2.05) is 54.9 Å². The van der Waals surface area contributed by atoms with Crippen LogP contribution in [0.2, 0.25) is 0 Å². The standard InChI is InChI=1S/C27H32N4O3/c1-18-6-5-7-22(12-18)15-30-17-24(14-25(30)27(33)34-4)28-26(32)23-10-8-21(9-11-23)16-31-20(3)13-19(2)29-31/h5-13,24-25H,14-17H2,1-4H3,(H,28,32)/t24-,25+/m1/s1. The maximum atomic E-state index is 12.9. The summed E-state index contributed by atoms with van der Waals surface area (Å²) in [5, 5.41) is 7.60. The number of ether oxygens (including phenoxy) is 1. The Labute approximate surface area is 200 Å². The van der Waals surface area contributed by atoms with Crippen LogP contribution >= 0.6 is 0 Å². The van der Waals surface area contributed by atoms with E-state index in [2.05, 4.69) is 40.4 Å². The van der Waals surface area contributed by atoms with Crippen molar-refractivity contribution in [2.45, 2.75) is 52.4 Å². The highest BCUT2D eigenvalue weighted by molar-refractivity contribution is 5.94. The van der Waals surface area contributed by atoms with Crippen LogP contribution in [0.5, 0.6) is 0 Å². The number of methoxy groups -OCH3 is 1. The number of rotatable bonds is 7. The summed E-state index contributed by atoms with van der Waals surface area (Å²) in [6.45, 7) is 7.96. The van der Waals surface area contributed by atoms with Crippen LogP contribution in [0, 0.1) is 20.8 Å². The van der Waals surface area contributed by atoms with Crippen molar-refractivity contribution in [3.05, 3.63) is 88.2 Å². The Balaban J connectivity index is 1.39. The lowest BCUT2D eigenvalue weighted by atomic mass is 10.1. The first-order chi connectivity index (χ1) is 16.3. The number of likely N-dealkylation sites (tertiary alicyclic amines) is 1. The second-order valence-electron chi connectivity index (χ2n) is 9.15. The lowest BCUT2D eigenvalue weighted by molar-refractivity contribution is -0.146. The number of esters is 1. The zero-order valence-electron chi connectivity index (χ0n) is 20.2. The quantitative estimate of drug-likeness (QED) is 0.547. The molecule has 2 heterocycles. The van der Waals surface area contributed by atoms with Crippen LogP contribution in [0.3, 0.4) is 0 Å². The van der Waals surface area contributed by atoms with Gasteiger partial charge in [0.2, 0.25) is 0 Å². The summed E-state index contributed by atoms with van der Waals surface area (Å²) in [6.07, 6.45) is 0.528. The highest BCUT2D eigenvalue weighted by Crippen LogP contribution is 2.23. The molecular weight excluding hydrogens is 428 g/mol. The maximum Gasteiger partial charge on any atom is 0.323 e. The Morgan fingerprint density at radius 3 is 2.44 bits per heavy atom. The zero-order valence-corrected chi connectivity index (χ0v) is 20.2. The molecular formula is C27H32N4O3. The fraction of sp³-hybridized carbons (Fsp3) is 0.370. The average Bonchev–Trinajstić information content (AvgIpc) is 3.35. The lowest BCUT2D eigenvalue weighted by Gasteiger charge is -2.22. The number of nitrogens with zero attached hydrogens (tertiary/aromatic N) is 3. The highest BCUT2D eigenvalue weighted by atomic mass is 16.5. The molecule has 1 aliphatic rings. The van der Waals surface area contributed by atoms with Gasteiger partial charge in [0.15, 0.2) is 0 Å². The SMILES string of the molecule is COC(=O)[C@@H]1C[C@@H](NC(=O)c2ccc(Cn3nc(C)cc3C)cc2)CN1Cc1cccc(C)c1. The molecule has 1 N–H and O–H groups in total. The molecule has 1 saturated heterocycles. The fourth-order valence-corrected chi connectivity index (χ4v) is 4.65. The number of hydrogen-bond acceptors (Lipinski definition) is 5.